The third-order valence-corrected chi connectivity index (χ3v) is 4.21. The molecule has 0 spiro atoms. The van der Waals surface area contributed by atoms with Crippen molar-refractivity contribution in [1.82, 2.24) is 0 Å². The maximum atomic E-state index is 12.4. The molecule has 0 N–H and O–H groups in total. The Morgan fingerprint density at radius 1 is 1.07 bits per heavy atom. The van der Waals surface area contributed by atoms with Crippen molar-refractivity contribution in [2.45, 2.75) is 27.4 Å². The van der Waals surface area contributed by atoms with Crippen LogP contribution in [-0.4, -0.2) is 18.4 Å². The average Bonchev–Trinajstić information content (AvgIpc) is 2.67. The van der Waals surface area contributed by atoms with Crippen LogP contribution < -0.4 is 10.2 Å². The Morgan fingerprint density at radius 2 is 1.86 bits per heavy atom. The van der Waals surface area contributed by atoms with Crippen LogP contribution in [0.15, 0.2) is 51.7 Å². The van der Waals surface area contributed by atoms with Gasteiger partial charge in [0.15, 0.2) is 11.2 Å². The van der Waals surface area contributed by atoms with E-state index in [0.717, 1.165) is 11.6 Å². The van der Waals surface area contributed by atoms with Gasteiger partial charge in [0.25, 0.3) is 0 Å². The van der Waals surface area contributed by atoms with E-state index in [4.69, 9.17) is 13.9 Å². The van der Waals surface area contributed by atoms with Gasteiger partial charge in [0.2, 0.25) is 5.76 Å². The summed E-state index contributed by atoms with van der Waals surface area (Å²) in [6, 6.07) is 11.2. The first-order chi connectivity index (χ1) is 13.4. The van der Waals surface area contributed by atoms with E-state index in [0.29, 0.717) is 34.5 Å². The molecule has 0 saturated carbocycles. The number of esters is 1. The van der Waals surface area contributed by atoms with E-state index in [1.54, 1.807) is 36.4 Å². The Kier molecular flexibility index (Phi) is 5.59. The van der Waals surface area contributed by atoms with Crippen LogP contribution in [0.5, 0.6) is 5.75 Å². The zero-order valence-corrected chi connectivity index (χ0v) is 15.9. The van der Waals surface area contributed by atoms with E-state index >= 15 is 0 Å². The molecule has 6 heteroatoms. The van der Waals surface area contributed by atoms with Crippen LogP contribution >= 0.6 is 0 Å². The van der Waals surface area contributed by atoms with Gasteiger partial charge in [-0.25, -0.2) is 4.79 Å². The first-order valence-corrected chi connectivity index (χ1v) is 8.87. The molecule has 0 aliphatic heterocycles. The van der Waals surface area contributed by atoms with E-state index in [-0.39, 0.29) is 23.6 Å². The Hall–Kier alpha value is -3.41. The number of carbonyl (C=O) groups excluding carboxylic acids is 2. The highest BCUT2D eigenvalue weighted by atomic mass is 16.5. The van der Waals surface area contributed by atoms with E-state index in [2.05, 4.69) is 0 Å². The van der Waals surface area contributed by atoms with Crippen molar-refractivity contribution in [3.63, 3.8) is 0 Å². The summed E-state index contributed by atoms with van der Waals surface area (Å²) in [5, 5.41) is 0.407. The van der Waals surface area contributed by atoms with Gasteiger partial charge in [-0.2, -0.15) is 0 Å². The number of hydrogen-bond acceptors (Lipinski definition) is 6. The minimum atomic E-state index is -0.768. The predicted molar refractivity (Wildman–Crippen MR) is 104 cm³/mol. The third kappa shape index (κ3) is 4.11. The Balaban J connectivity index is 1.85. The highest BCUT2D eigenvalue weighted by Crippen LogP contribution is 2.22. The number of aryl methyl sites for hydroxylation is 1. The summed E-state index contributed by atoms with van der Waals surface area (Å²) < 4.78 is 16.3. The number of hydrogen-bond donors (Lipinski definition) is 0. The average molecular weight is 380 g/mol. The molecule has 0 aliphatic carbocycles. The predicted octanol–water partition coefficient (Wildman–Crippen LogP) is 4.06. The fourth-order valence-corrected chi connectivity index (χ4v) is 2.79. The van der Waals surface area contributed by atoms with Crippen LogP contribution in [-0.2, 0) is 11.3 Å². The first kappa shape index (κ1) is 19.4. The Bertz CT molecular complexity index is 1110. The molecule has 0 bridgehead atoms. The molecule has 0 saturated heterocycles. The second kappa shape index (κ2) is 8.08. The summed E-state index contributed by atoms with van der Waals surface area (Å²) >= 11 is 0. The Morgan fingerprint density at radius 3 is 2.57 bits per heavy atom. The summed E-state index contributed by atoms with van der Waals surface area (Å²) in [6.07, 6.45) is 0. The lowest BCUT2D eigenvalue weighted by atomic mass is 10.1. The largest absolute Gasteiger partial charge is 0.493 e. The number of benzene rings is 2. The van der Waals surface area contributed by atoms with Gasteiger partial charge < -0.3 is 13.9 Å². The van der Waals surface area contributed by atoms with E-state index < -0.39 is 5.97 Å². The molecule has 2 aromatic carbocycles. The van der Waals surface area contributed by atoms with Crippen LogP contribution in [0.4, 0.5) is 0 Å². The van der Waals surface area contributed by atoms with Gasteiger partial charge in [-0.3, -0.25) is 9.59 Å². The number of Topliss-reactive ketones (excluding diaryl/α,β-unsaturated/α-hetero) is 1. The van der Waals surface area contributed by atoms with Crippen molar-refractivity contribution in [2.24, 2.45) is 0 Å². The van der Waals surface area contributed by atoms with Crippen molar-refractivity contribution >= 4 is 22.7 Å². The molecule has 3 rings (SSSR count). The van der Waals surface area contributed by atoms with Crippen LogP contribution in [0, 0.1) is 6.92 Å². The van der Waals surface area contributed by atoms with Crippen molar-refractivity contribution in [1.29, 1.82) is 0 Å². The van der Waals surface area contributed by atoms with Gasteiger partial charge in [-0.05, 0) is 51.1 Å². The topological polar surface area (TPSA) is 82.8 Å². The maximum absolute atomic E-state index is 12.4. The first-order valence-electron chi connectivity index (χ1n) is 8.87. The molecule has 0 atom stereocenters. The second-order valence-corrected chi connectivity index (χ2v) is 6.36. The normalized spacial score (nSPS) is 10.7. The zero-order chi connectivity index (χ0) is 20.3. The van der Waals surface area contributed by atoms with Crippen molar-refractivity contribution in [2.75, 3.05) is 6.61 Å². The van der Waals surface area contributed by atoms with Crippen molar-refractivity contribution in [3.05, 3.63) is 75.1 Å². The lowest BCUT2D eigenvalue weighted by molar-refractivity contribution is 0.0433. The molecular weight excluding hydrogens is 360 g/mol. The Labute approximate surface area is 161 Å². The highest BCUT2D eigenvalue weighted by Gasteiger charge is 2.16. The summed E-state index contributed by atoms with van der Waals surface area (Å²) in [6.45, 7) is 5.47. The van der Waals surface area contributed by atoms with Gasteiger partial charge >= 0.3 is 5.97 Å². The van der Waals surface area contributed by atoms with Gasteiger partial charge in [-0.1, -0.05) is 11.6 Å². The molecule has 1 heterocycles. The molecule has 6 nitrogen and oxygen atoms in total. The molecule has 0 radical (unpaired) electrons. The van der Waals surface area contributed by atoms with E-state index in [9.17, 15) is 14.4 Å². The summed E-state index contributed by atoms with van der Waals surface area (Å²) in [7, 11) is 0. The minimum absolute atomic E-state index is 0.105. The SMILES string of the molecule is CCOc1ccc(C(C)=O)cc1COC(=O)c1cc(=O)c2cc(C)ccc2o1. The van der Waals surface area contributed by atoms with Gasteiger partial charge in [-0.15, -0.1) is 0 Å². The maximum Gasteiger partial charge on any atom is 0.374 e. The number of ether oxygens (including phenoxy) is 2. The molecule has 28 heavy (non-hydrogen) atoms. The fourth-order valence-electron chi connectivity index (χ4n) is 2.79. The summed E-state index contributed by atoms with van der Waals surface area (Å²) in [5.74, 6) is -0.528. The van der Waals surface area contributed by atoms with Gasteiger partial charge in [0.05, 0.1) is 12.0 Å². The lowest BCUT2D eigenvalue weighted by Gasteiger charge is -2.12. The minimum Gasteiger partial charge on any atom is -0.493 e. The number of carbonyl (C=O) groups is 2. The van der Waals surface area contributed by atoms with Crippen LogP contribution in [0.3, 0.4) is 0 Å². The quantitative estimate of drug-likeness (QED) is 0.474. The van der Waals surface area contributed by atoms with E-state index in [1.807, 2.05) is 13.8 Å². The lowest BCUT2D eigenvalue weighted by Crippen LogP contribution is -2.11. The second-order valence-electron chi connectivity index (χ2n) is 6.36. The molecule has 1 aromatic heterocycles. The smallest absolute Gasteiger partial charge is 0.374 e. The monoisotopic (exact) mass is 380 g/mol. The molecule has 0 amide bonds. The van der Waals surface area contributed by atoms with E-state index in [1.165, 1.54) is 6.92 Å². The summed E-state index contributed by atoms with van der Waals surface area (Å²) in [5.41, 5.74) is 1.97. The molecular formula is C22H20O6. The fraction of sp³-hybridized carbons (Fsp3) is 0.227. The van der Waals surface area contributed by atoms with Gasteiger partial charge in [0, 0.05) is 17.2 Å². The zero-order valence-electron chi connectivity index (χ0n) is 15.9. The standard InChI is InChI=1S/C22H20O6/c1-4-26-19-8-6-15(14(3)23)10-16(19)12-27-22(25)21-11-18(24)17-9-13(2)5-7-20(17)28-21/h5-11H,4,12H2,1-3H3. The molecule has 144 valence electrons. The van der Waals surface area contributed by atoms with Crippen LogP contribution in [0.2, 0.25) is 0 Å². The summed E-state index contributed by atoms with van der Waals surface area (Å²) in [4.78, 5) is 36.3. The number of ketones is 1. The van der Waals surface area contributed by atoms with Crippen molar-refractivity contribution in [3.8, 4) is 5.75 Å². The van der Waals surface area contributed by atoms with Crippen LogP contribution in [0.25, 0.3) is 11.0 Å². The number of fused-ring (bicyclic) bond motifs is 1. The molecule has 0 aliphatic rings. The van der Waals surface area contributed by atoms with Crippen molar-refractivity contribution < 1.29 is 23.5 Å². The van der Waals surface area contributed by atoms with Gasteiger partial charge in [0.1, 0.15) is 17.9 Å². The molecule has 0 unspecified atom stereocenters. The van der Waals surface area contributed by atoms with Crippen LogP contribution in [0.1, 0.15) is 45.9 Å². The third-order valence-electron chi connectivity index (χ3n) is 4.21. The molecule has 3 aromatic rings. The highest BCUT2D eigenvalue weighted by molar-refractivity contribution is 5.94. The molecule has 0 fully saturated rings. The number of rotatable bonds is 6.